The minimum absolute atomic E-state index is 0.0668. The van der Waals surface area contributed by atoms with E-state index in [-0.39, 0.29) is 11.7 Å². The molecular formula is C16H19N3O2. The van der Waals surface area contributed by atoms with E-state index in [1.807, 2.05) is 37.3 Å². The summed E-state index contributed by atoms with van der Waals surface area (Å²) in [7, 11) is 0. The third kappa shape index (κ3) is 2.89. The van der Waals surface area contributed by atoms with Crippen molar-refractivity contribution in [3.8, 4) is 0 Å². The summed E-state index contributed by atoms with van der Waals surface area (Å²) in [6.07, 6.45) is 0.448. The second-order valence-corrected chi connectivity index (χ2v) is 5.05. The van der Waals surface area contributed by atoms with Crippen molar-refractivity contribution in [3.63, 3.8) is 0 Å². The second-order valence-electron chi connectivity index (χ2n) is 5.05. The Morgan fingerprint density at radius 1 is 1.33 bits per heavy atom. The van der Waals surface area contributed by atoms with E-state index in [1.165, 1.54) is 0 Å². The zero-order valence-corrected chi connectivity index (χ0v) is 12.1. The van der Waals surface area contributed by atoms with Crippen molar-refractivity contribution < 1.29 is 4.74 Å². The van der Waals surface area contributed by atoms with Gasteiger partial charge in [-0.05, 0) is 12.5 Å². The maximum absolute atomic E-state index is 12.2. The topological polar surface area (TPSA) is 67.0 Å². The van der Waals surface area contributed by atoms with Crippen LogP contribution in [-0.2, 0) is 17.7 Å². The lowest BCUT2D eigenvalue weighted by atomic mass is 10.1. The average Bonchev–Trinajstić information content (AvgIpc) is 2.53. The molecule has 110 valence electrons. The van der Waals surface area contributed by atoms with Crippen LogP contribution in [0.1, 0.15) is 35.7 Å². The van der Waals surface area contributed by atoms with Crippen LogP contribution in [0.15, 0.2) is 35.1 Å². The Morgan fingerprint density at radius 2 is 2.14 bits per heavy atom. The number of rotatable bonds is 4. The number of aromatic nitrogens is 2. The highest BCUT2D eigenvalue weighted by Crippen LogP contribution is 2.23. The summed E-state index contributed by atoms with van der Waals surface area (Å²) in [6, 6.07) is 9.85. The Morgan fingerprint density at radius 3 is 2.90 bits per heavy atom. The number of ether oxygens (including phenoxy) is 1. The van der Waals surface area contributed by atoms with Gasteiger partial charge in [0.25, 0.3) is 5.56 Å². The van der Waals surface area contributed by atoms with Crippen LogP contribution in [0.25, 0.3) is 0 Å². The Hall–Kier alpha value is -1.98. The van der Waals surface area contributed by atoms with Crippen LogP contribution in [0, 0.1) is 0 Å². The molecule has 1 aliphatic rings. The third-order valence-electron chi connectivity index (χ3n) is 3.64. The zero-order chi connectivity index (χ0) is 14.7. The molecule has 5 nitrogen and oxygen atoms in total. The van der Waals surface area contributed by atoms with Crippen molar-refractivity contribution in [2.75, 3.05) is 13.2 Å². The smallest absolute Gasteiger partial charge is 0.255 e. The summed E-state index contributed by atoms with van der Waals surface area (Å²) in [6.45, 7) is 3.94. The molecule has 2 aromatic rings. The van der Waals surface area contributed by atoms with Gasteiger partial charge < -0.3 is 15.0 Å². The first-order chi connectivity index (χ1) is 10.3. The molecule has 0 aliphatic carbocycles. The highest BCUT2D eigenvalue weighted by atomic mass is 16.5. The minimum Gasteiger partial charge on any atom is -0.366 e. The van der Waals surface area contributed by atoms with Gasteiger partial charge in [-0.25, -0.2) is 4.98 Å². The van der Waals surface area contributed by atoms with Gasteiger partial charge in [0.1, 0.15) is 11.9 Å². The van der Waals surface area contributed by atoms with Gasteiger partial charge in [0.2, 0.25) is 0 Å². The van der Waals surface area contributed by atoms with Gasteiger partial charge in [-0.3, -0.25) is 4.79 Å². The lowest BCUT2D eigenvalue weighted by Gasteiger charge is -2.20. The van der Waals surface area contributed by atoms with Crippen LogP contribution < -0.4 is 10.9 Å². The molecule has 1 atom stereocenters. The molecule has 0 radical (unpaired) electrons. The normalized spacial score (nSPS) is 15.5. The standard InChI is InChI=1S/C16H19N3O2/c1-2-21-14(11-6-4-3-5-7-11)15-18-13-8-9-17-10-12(13)16(20)19-15/h3-7,14,17H,2,8-10H2,1H3,(H,18,19,20). The first kappa shape index (κ1) is 14.0. The third-order valence-corrected chi connectivity index (χ3v) is 3.64. The van der Waals surface area contributed by atoms with Crippen molar-refractivity contribution in [1.82, 2.24) is 15.3 Å². The van der Waals surface area contributed by atoms with Crippen LogP contribution >= 0.6 is 0 Å². The molecule has 0 amide bonds. The molecular weight excluding hydrogens is 266 g/mol. The van der Waals surface area contributed by atoms with Gasteiger partial charge in [-0.2, -0.15) is 0 Å². The van der Waals surface area contributed by atoms with E-state index in [1.54, 1.807) is 0 Å². The predicted molar refractivity (Wildman–Crippen MR) is 80.2 cm³/mol. The molecule has 0 spiro atoms. The van der Waals surface area contributed by atoms with Gasteiger partial charge >= 0.3 is 0 Å². The Bertz CT molecular complexity index is 667. The first-order valence-corrected chi connectivity index (χ1v) is 7.29. The second kappa shape index (κ2) is 6.20. The van der Waals surface area contributed by atoms with Crippen LogP contribution in [-0.4, -0.2) is 23.1 Å². The summed E-state index contributed by atoms with van der Waals surface area (Å²) >= 11 is 0. The zero-order valence-electron chi connectivity index (χ0n) is 12.1. The summed E-state index contributed by atoms with van der Waals surface area (Å²) < 4.78 is 5.81. The first-order valence-electron chi connectivity index (χ1n) is 7.29. The molecule has 1 unspecified atom stereocenters. The quantitative estimate of drug-likeness (QED) is 0.894. The lowest BCUT2D eigenvalue weighted by molar-refractivity contribution is 0.0846. The number of nitrogens with zero attached hydrogens (tertiary/aromatic N) is 1. The van der Waals surface area contributed by atoms with Gasteiger partial charge in [-0.1, -0.05) is 30.3 Å². The van der Waals surface area contributed by atoms with Crippen molar-refractivity contribution in [3.05, 3.63) is 63.3 Å². The minimum atomic E-state index is -0.330. The van der Waals surface area contributed by atoms with Gasteiger partial charge in [0, 0.05) is 26.1 Å². The Kier molecular flexibility index (Phi) is 4.13. The maximum atomic E-state index is 12.2. The summed E-state index contributed by atoms with van der Waals surface area (Å²) in [5.74, 6) is 0.591. The number of H-pyrrole nitrogens is 1. The fourth-order valence-corrected chi connectivity index (χ4v) is 2.62. The molecule has 2 N–H and O–H groups in total. The van der Waals surface area contributed by atoms with Crippen LogP contribution in [0.5, 0.6) is 0 Å². The molecule has 1 aliphatic heterocycles. The molecule has 0 bridgehead atoms. The molecule has 2 heterocycles. The molecule has 21 heavy (non-hydrogen) atoms. The molecule has 0 saturated carbocycles. The molecule has 1 aromatic heterocycles. The van der Waals surface area contributed by atoms with E-state index in [4.69, 9.17) is 4.74 Å². The number of aromatic amines is 1. The fourth-order valence-electron chi connectivity index (χ4n) is 2.62. The Labute approximate surface area is 123 Å². The van der Waals surface area contributed by atoms with E-state index in [2.05, 4.69) is 15.3 Å². The lowest BCUT2D eigenvalue weighted by Crippen LogP contribution is -2.33. The predicted octanol–water partition coefficient (Wildman–Crippen LogP) is 1.54. The molecule has 3 rings (SSSR count). The maximum Gasteiger partial charge on any atom is 0.255 e. The van der Waals surface area contributed by atoms with E-state index in [9.17, 15) is 4.79 Å². The number of hydrogen-bond acceptors (Lipinski definition) is 4. The van der Waals surface area contributed by atoms with Crippen molar-refractivity contribution >= 4 is 0 Å². The van der Waals surface area contributed by atoms with E-state index >= 15 is 0 Å². The van der Waals surface area contributed by atoms with E-state index in [0.717, 1.165) is 29.8 Å². The largest absolute Gasteiger partial charge is 0.366 e. The highest BCUT2D eigenvalue weighted by Gasteiger charge is 2.21. The van der Waals surface area contributed by atoms with E-state index in [0.29, 0.717) is 19.0 Å². The summed E-state index contributed by atoms with van der Waals surface area (Å²) in [5, 5.41) is 3.20. The van der Waals surface area contributed by atoms with Crippen LogP contribution in [0.3, 0.4) is 0 Å². The number of nitrogens with one attached hydrogen (secondary N) is 2. The number of hydrogen-bond donors (Lipinski definition) is 2. The highest BCUT2D eigenvalue weighted by molar-refractivity contribution is 5.26. The summed E-state index contributed by atoms with van der Waals surface area (Å²) in [5.41, 5.74) is 2.56. The van der Waals surface area contributed by atoms with Crippen molar-refractivity contribution in [1.29, 1.82) is 0 Å². The van der Waals surface area contributed by atoms with Gasteiger partial charge in [-0.15, -0.1) is 0 Å². The molecule has 0 fully saturated rings. The van der Waals surface area contributed by atoms with Crippen molar-refractivity contribution in [2.24, 2.45) is 0 Å². The fraction of sp³-hybridized carbons (Fsp3) is 0.375. The molecule has 0 saturated heterocycles. The summed E-state index contributed by atoms with van der Waals surface area (Å²) in [4.78, 5) is 19.8. The van der Waals surface area contributed by atoms with Gasteiger partial charge in [0.15, 0.2) is 0 Å². The monoisotopic (exact) mass is 285 g/mol. The SMILES string of the molecule is CCOC(c1ccccc1)c1nc2c(c(=O)[nH]1)CNCC2. The number of fused-ring (bicyclic) bond motifs is 1. The molecule has 5 heteroatoms. The van der Waals surface area contributed by atoms with Crippen molar-refractivity contribution in [2.45, 2.75) is 26.0 Å². The Balaban J connectivity index is 2.04. The van der Waals surface area contributed by atoms with Gasteiger partial charge in [0.05, 0.1) is 11.3 Å². The van der Waals surface area contributed by atoms with E-state index < -0.39 is 0 Å². The van der Waals surface area contributed by atoms with Crippen LogP contribution in [0.2, 0.25) is 0 Å². The average molecular weight is 285 g/mol. The number of benzene rings is 1. The van der Waals surface area contributed by atoms with Crippen LogP contribution in [0.4, 0.5) is 0 Å². The molecule has 1 aromatic carbocycles.